The van der Waals surface area contributed by atoms with E-state index in [1.165, 1.54) is 0 Å². The van der Waals surface area contributed by atoms with Gasteiger partial charge in [-0.1, -0.05) is 0 Å². The predicted molar refractivity (Wildman–Crippen MR) is 99.4 cm³/mol. The van der Waals surface area contributed by atoms with Crippen LogP contribution in [0.1, 0.15) is 0 Å². The van der Waals surface area contributed by atoms with Crippen LogP contribution >= 0.6 is 103 Å². The molecule has 0 heterocycles. The van der Waals surface area contributed by atoms with Crippen LogP contribution in [0.25, 0.3) is 0 Å². The molecule has 0 aliphatic carbocycles. The lowest BCUT2D eigenvalue weighted by Crippen LogP contribution is -2.00. The molecule has 0 radical (unpaired) electrons. The van der Waals surface area contributed by atoms with E-state index in [1.807, 2.05) is 0 Å². The van der Waals surface area contributed by atoms with E-state index in [2.05, 4.69) is 92.8 Å². The number of benzene rings is 1. The van der Waals surface area contributed by atoms with Gasteiger partial charge in [-0.05, 0) is 79.6 Å². The van der Waals surface area contributed by atoms with E-state index in [9.17, 15) is 18.6 Å². The SMILES string of the molecule is O=P(O)(O)OP(=O)(O)OP(=O)(O)Oc1c(Br)c(Br)c(Br)c(Br)c1Br. The summed E-state index contributed by atoms with van der Waals surface area (Å²) in [7, 11) is -16.4. The Labute approximate surface area is 176 Å². The number of phosphoric acid groups is 3. The molecule has 0 aliphatic rings. The summed E-state index contributed by atoms with van der Waals surface area (Å²) >= 11 is 15.7. The van der Waals surface area contributed by atoms with Crippen molar-refractivity contribution in [1.82, 2.24) is 0 Å². The highest BCUT2D eigenvalue weighted by molar-refractivity contribution is 9.15. The first-order chi connectivity index (χ1) is 10.6. The molecule has 4 N–H and O–H groups in total. The zero-order valence-electron chi connectivity index (χ0n) is 10.5. The van der Waals surface area contributed by atoms with Crippen molar-refractivity contribution in [2.45, 2.75) is 0 Å². The highest BCUT2D eigenvalue weighted by Gasteiger charge is 2.42. The quantitative estimate of drug-likeness (QED) is 0.174. The van der Waals surface area contributed by atoms with Gasteiger partial charge in [0.15, 0.2) is 5.75 Å². The number of halogens is 5. The van der Waals surface area contributed by atoms with Gasteiger partial charge < -0.3 is 19.2 Å². The van der Waals surface area contributed by atoms with E-state index in [-0.39, 0.29) is 14.7 Å². The molecule has 24 heavy (non-hydrogen) atoms. The van der Waals surface area contributed by atoms with Gasteiger partial charge in [-0.3, -0.25) is 4.89 Å². The average molecular weight is 729 g/mol. The fourth-order valence-corrected chi connectivity index (χ4v) is 7.55. The van der Waals surface area contributed by atoms with Gasteiger partial charge in [0.2, 0.25) is 0 Å². The summed E-state index contributed by atoms with van der Waals surface area (Å²) in [6, 6.07) is 0. The van der Waals surface area contributed by atoms with Gasteiger partial charge in [0.1, 0.15) is 0 Å². The Morgan fingerprint density at radius 1 is 0.625 bits per heavy atom. The predicted octanol–water partition coefficient (Wildman–Crippen LogP) is 5.20. The summed E-state index contributed by atoms with van der Waals surface area (Å²) in [6.07, 6.45) is 0. The normalized spacial score (nSPS) is 17.2. The summed E-state index contributed by atoms with van der Waals surface area (Å²) in [5, 5.41) is 0. The standard InChI is InChI=1S/C6H4Br5O10P3/c7-1-2(8)4(10)6(5(11)3(1)9)19-23(15,16)21-24(17,18)20-22(12,13)14/h(H,15,16)(H,17,18)(H2,12,13,14). The largest absolute Gasteiger partial charge is 0.536 e. The maximum Gasteiger partial charge on any atom is 0.536 e. The van der Waals surface area contributed by atoms with Crippen LogP contribution in [0.15, 0.2) is 22.4 Å². The number of hydrogen-bond donors (Lipinski definition) is 4. The van der Waals surface area contributed by atoms with Gasteiger partial charge in [-0.25, -0.2) is 13.7 Å². The third-order valence-electron chi connectivity index (χ3n) is 1.79. The van der Waals surface area contributed by atoms with Gasteiger partial charge in [-0.2, -0.15) is 8.62 Å². The molecule has 10 nitrogen and oxygen atoms in total. The molecule has 1 rings (SSSR count). The molecule has 0 spiro atoms. The van der Waals surface area contributed by atoms with Crippen LogP contribution in [-0.4, -0.2) is 19.6 Å². The van der Waals surface area contributed by atoms with Crippen LogP contribution in [0.4, 0.5) is 0 Å². The number of hydrogen-bond acceptors (Lipinski definition) is 6. The van der Waals surface area contributed by atoms with Crippen LogP contribution in [0.3, 0.4) is 0 Å². The van der Waals surface area contributed by atoms with Crippen molar-refractivity contribution in [3.8, 4) is 5.75 Å². The Morgan fingerprint density at radius 3 is 1.38 bits per heavy atom. The molecule has 0 saturated carbocycles. The van der Waals surface area contributed by atoms with Crippen molar-refractivity contribution in [2.75, 3.05) is 0 Å². The van der Waals surface area contributed by atoms with E-state index >= 15 is 0 Å². The topological polar surface area (TPSA) is 160 Å². The van der Waals surface area contributed by atoms with Crippen molar-refractivity contribution in [3.05, 3.63) is 22.4 Å². The first-order valence-corrected chi connectivity index (χ1v) is 13.4. The summed E-state index contributed by atoms with van der Waals surface area (Å²) < 4.78 is 47.1. The molecule has 138 valence electrons. The van der Waals surface area contributed by atoms with E-state index in [0.717, 1.165) is 0 Å². The summed E-state index contributed by atoms with van der Waals surface area (Å²) in [5.74, 6) is -0.320. The van der Waals surface area contributed by atoms with E-state index in [0.29, 0.717) is 13.4 Å². The summed E-state index contributed by atoms with van der Waals surface area (Å²) in [6.45, 7) is 0. The molecule has 0 amide bonds. The van der Waals surface area contributed by atoms with E-state index in [1.54, 1.807) is 0 Å². The summed E-state index contributed by atoms with van der Waals surface area (Å²) in [5.41, 5.74) is 0. The molecule has 2 atom stereocenters. The third kappa shape index (κ3) is 6.79. The maximum absolute atomic E-state index is 11.9. The van der Waals surface area contributed by atoms with Crippen molar-refractivity contribution in [2.24, 2.45) is 0 Å². The molecule has 0 aromatic heterocycles. The zero-order valence-corrected chi connectivity index (χ0v) is 21.1. The second-order valence-electron chi connectivity index (χ2n) is 3.58. The van der Waals surface area contributed by atoms with Crippen LogP contribution in [0, 0.1) is 0 Å². The zero-order chi connectivity index (χ0) is 19.1. The smallest absolute Gasteiger partial charge is 0.401 e. The van der Waals surface area contributed by atoms with Crippen LogP contribution in [-0.2, 0) is 22.3 Å². The van der Waals surface area contributed by atoms with Gasteiger partial charge in [0.05, 0.1) is 17.9 Å². The third-order valence-corrected chi connectivity index (χ3v) is 11.6. The van der Waals surface area contributed by atoms with Crippen LogP contribution in [0.2, 0.25) is 0 Å². The fraction of sp³-hybridized carbons (Fsp3) is 0. The minimum absolute atomic E-state index is 0.117. The molecular weight excluding hydrogens is 724 g/mol. The first kappa shape index (κ1) is 23.9. The maximum atomic E-state index is 11.9. The molecule has 18 heteroatoms. The van der Waals surface area contributed by atoms with Crippen LogP contribution in [0.5, 0.6) is 5.75 Å². The van der Waals surface area contributed by atoms with Crippen LogP contribution < -0.4 is 4.52 Å². The Hall–Kier alpha value is 1.87. The minimum Gasteiger partial charge on any atom is -0.401 e. The lowest BCUT2D eigenvalue weighted by atomic mass is 10.3. The van der Waals surface area contributed by atoms with Crippen molar-refractivity contribution >= 4 is 103 Å². The second-order valence-corrected chi connectivity index (χ2v) is 11.9. The number of phosphoric ester groups is 1. The fourth-order valence-electron chi connectivity index (χ4n) is 1.08. The van der Waals surface area contributed by atoms with Gasteiger partial charge in [0, 0.05) is 4.47 Å². The molecular formula is C6H4Br5O10P3. The minimum atomic E-state index is -5.60. The number of rotatable bonds is 6. The molecule has 1 aromatic carbocycles. The van der Waals surface area contributed by atoms with Crippen molar-refractivity contribution < 1.29 is 46.4 Å². The Bertz CT molecular complexity index is 778. The molecule has 0 fully saturated rings. The lowest BCUT2D eigenvalue weighted by Gasteiger charge is -2.19. The second kappa shape index (κ2) is 8.48. The first-order valence-electron chi connectivity index (χ1n) is 4.91. The average Bonchev–Trinajstić information content (AvgIpc) is 2.35. The monoisotopic (exact) mass is 723 g/mol. The van der Waals surface area contributed by atoms with E-state index < -0.39 is 23.5 Å². The lowest BCUT2D eigenvalue weighted by molar-refractivity contribution is 0.206. The van der Waals surface area contributed by atoms with Crippen molar-refractivity contribution in [1.29, 1.82) is 0 Å². The van der Waals surface area contributed by atoms with E-state index in [4.69, 9.17) is 14.7 Å². The van der Waals surface area contributed by atoms with Crippen molar-refractivity contribution in [3.63, 3.8) is 0 Å². The Balaban J connectivity index is 3.19. The molecule has 1 aromatic rings. The van der Waals surface area contributed by atoms with Gasteiger partial charge in [0.25, 0.3) is 0 Å². The van der Waals surface area contributed by atoms with Gasteiger partial charge >= 0.3 is 23.5 Å². The highest BCUT2D eigenvalue weighted by Crippen LogP contribution is 2.67. The molecule has 0 saturated heterocycles. The molecule has 0 bridgehead atoms. The Morgan fingerprint density at radius 2 is 1.00 bits per heavy atom. The Kier molecular flexibility index (Phi) is 8.45. The van der Waals surface area contributed by atoms with Gasteiger partial charge in [-0.15, -0.1) is 0 Å². The molecule has 0 aliphatic heterocycles. The molecule has 2 unspecified atom stereocenters. The summed E-state index contributed by atoms with van der Waals surface area (Å²) in [4.78, 5) is 35.6. The highest BCUT2D eigenvalue weighted by atomic mass is 79.9.